The Bertz CT molecular complexity index is 985. The number of amides is 1. The highest BCUT2D eigenvalue weighted by Gasteiger charge is 2.19. The van der Waals surface area contributed by atoms with Crippen molar-refractivity contribution in [1.29, 1.82) is 5.41 Å². The van der Waals surface area contributed by atoms with Crippen LogP contribution in [0.3, 0.4) is 0 Å². The van der Waals surface area contributed by atoms with Gasteiger partial charge in [0.05, 0.1) is 5.56 Å². The van der Waals surface area contributed by atoms with Crippen LogP contribution in [-0.4, -0.2) is 39.7 Å². The summed E-state index contributed by atoms with van der Waals surface area (Å²) in [5.41, 5.74) is 9.41. The molecule has 1 aliphatic heterocycles. The fourth-order valence-electron chi connectivity index (χ4n) is 3.47. The van der Waals surface area contributed by atoms with Crippen molar-refractivity contribution in [3.63, 3.8) is 0 Å². The molecule has 6 nitrogen and oxygen atoms in total. The summed E-state index contributed by atoms with van der Waals surface area (Å²) < 4.78 is 1.94. The third-order valence-corrected chi connectivity index (χ3v) is 4.92. The van der Waals surface area contributed by atoms with Crippen molar-refractivity contribution in [2.75, 3.05) is 18.8 Å². The highest BCUT2D eigenvalue weighted by molar-refractivity contribution is 5.97. The fraction of sp³-hybridized carbons (Fsp3) is 0.250. The van der Waals surface area contributed by atoms with Gasteiger partial charge in [0, 0.05) is 54.0 Å². The number of fused-ring (bicyclic) bond motifs is 1. The number of piperidine rings is 1. The van der Waals surface area contributed by atoms with Gasteiger partial charge in [0.2, 0.25) is 0 Å². The van der Waals surface area contributed by atoms with Crippen molar-refractivity contribution in [3.8, 4) is 5.69 Å². The molecule has 1 aromatic carbocycles. The van der Waals surface area contributed by atoms with E-state index in [-0.39, 0.29) is 5.91 Å². The number of nitrogens with one attached hydrogen (secondary N) is 1. The van der Waals surface area contributed by atoms with Gasteiger partial charge < -0.3 is 20.6 Å². The van der Waals surface area contributed by atoms with Gasteiger partial charge in [-0.3, -0.25) is 4.79 Å². The van der Waals surface area contributed by atoms with Gasteiger partial charge in [0.15, 0.2) is 0 Å². The zero-order valence-electron chi connectivity index (χ0n) is 14.5. The van der Waals surface area contributed by atoms with E-state index in [1.807, 2.05) is 39.9 Å². The van der Waals surface area contributed by atoms with Crippen LogP contribution in [0.25, 0.3) is 16.7 Å². The third-order valence-electron chi connectivity index (χ3n) is 4.92. The molecule has 1 amide bonds. The minimum absolute atomic E-state index is 0.0606. The normalized spacial score (nSPS) is 14.5. The molecule has 3 heterocycles. The molecule has 3 N–H and O–H groups in total. The van der Waals surface area contributed by atoms with Crippen LogP contribution in [0.4, 0.5) is 5.69 Å². The third kappa shape index (κ3) is 2.83. The van der Waals surface area contributed by atoms with E-state index >= 15 is 0 Å². The van der Waals surface area contributed by atoms with Crippen LogP contribution in [0.5, 0.6) is 0 Å². The Balaban J connectivity index is 1.69. The Morgan fingerprint density at radius 1 is 1.15 bits per heavy atom. The number of nitrogens with two attached hydrogens (primary N) is 1. The summed E-state index contributed by atoms with van der Waals surface area (Å²) in [6.07, 6.45) is 8.17. The Kier molecular flexibility index (Phi) is 4.16. The number of likely N-dealkylation sites (tertiary alicyclic amines) is 1. The molecular formula is C20H21N5O. The summed E-state index contributed by atoms with van der Waals surface area (Å²) in [5, 5.41) is 8.39. The first-order chi connectivity index (χ1) is 12.7. The Labute approximate surface area is 151 Å². The lowest BCUT2D eigenvalue weighted by molar-refractivity contribution is 0.0724. The average Bonchev–Trinajstić information content (AvgIpc) is 3.11. The van der Waals surface area contributed by atoms with Gasteiger partial charge in [0.25, 0.3) is 5.91 Å². The van der Waals surface area contributed by atoms with E-state index in [9.17, 15) is 4.79 Å². The molecule has 0 unspecified atom stereocenters. The van der Waals surface area contributed by atoms with Crippen LogP contribution in [0.15, 0.2) is 42.7 Å². The standard InChI is InChI=1S/C20H21N5O/c21-12-15-11-17(4-5-18(15)22)25-9-6-14-10-16(13-23-19(14)25)20(26)24-7-2-1-3-8-24/h4-6,9-13,21H,1-3,7-8,22H2. The molecule has 6 heteroatoms. The molecule has 0 bridgehead atoms. The maximum atomic E-state index is 12.7. The van der Waals surface area contributed by atoms with Crippen molar-refractivity contribution in [2.24, 2.45) is 0 Å². The quantitative estimate of drug-likeness (QED) is 0.563. The second-order valence-electron chi connectivity index (χ2n) is 6.63. The van der Waals surface area contributed by atoms with Gasteiger partial charge in [0.1, 0.15) is 5.65 Å². The van der Waals surface area contributed by atoms with Gasteiger partial charge in [-0.25, -0.2) is 4.98 Å². The van der Waals surface area contributed by atoms with E-state index in [2.05, 4.69) is 4.98 Å². The predicted molar refractivity (Wildman–Crippen MR) is 103 cm³/mol. The number of carbonyl (C=O) groups is 1. The van der Waals surface area contributed by atoms with E-state index in [0.29, 0.717) is 16.8 Å². The molecule has 0 spiro atoms. The summed E-state index contributed by atoms with van der Waals surface area (Å²) in [6.45, 7) is 1.66. The minimum Gasteiger partial charge on any atom is -0.398 e. The number of hydrogen-bond donors (Lipinski definition) is 2. The Morgan fingerprint density at radius 3 is 2.73 bits per heavy atom. The number of nitrogens with zero attached hydrogens (tertiary/aromatic N) is 3. The molecule has 26 heavy (non-hydrogen) atoms. The summed E-state index contributed by atoms with van der Waals surface area (Å²) >= 11 is 0. The second-order valence-corrected chi connectivity index (χ2v) is 6.63. The SMILES string of the molecule is N=Cc1cc(-n2ccc3cc(C(=O)N4CCCCC4)cnc32)ccc1N. The highest BCUT2D eigenvalue weighted by atomic mass is 16.2. The highest BCUT2D eigenvalue weighted by Crippen LogP contribution is 2.23. The molecule has 132 valence electrons. The minimum atomic E-state index is 0.0606. The lowest BCUT2D eigenvalue weighted by Gasteiger charge is -2.26. The lowest BCUT2D eigenvalue weighted by atomic mass is 10.1. The summed E-state index contributed by atoms with van der Waals surface area (Å²) in [5.74, 6) is 0.0606. The van der Waals surface area contributed by atoms with Crippen LogP contribution in [0.1, 0.15) is 35.2 Å². The Morgan fingerprint density at radius 2 is 1.96 bits per heavy atom. The first kappa shape index (κ1) is 16.3. The van der Waals surface area contributed by atoms with E-state index in [4.69, 9.17) is 11.1 Å². The monoisotopic (exact) mass is 347 g/mol. The molecular weight excluding hydrogens is 326 g/mol. The van der Waals surface area contributed by atoms with Crippen molar-refractivity contribution in [3.05, 3.63) is 53.9 Å². The first-order valence-electron chi connectivity index (χ1n) is 8.84. The predicted octanol–water partition coefficient (Wildman–Crippen LogP) is 3.23. The first-order valence-corrected chi connectivity index (χ1v) is 8.84. The smallest absolute Gasteiger partial charge is 0.255 e. The molecule has 0 radical (unpaired) electrons. The number of hydrogen-bond acceptors (Lipinski definition) is 4. The number of rotatable bonds is 3. The zero-order chi connectivity index (χ0) is 18.1. The molecule has 4 rings (SSSR count). The van der Waals surface area contributed by atoms with Gasteiger partial charge in [-0.15, -0.1) is 0 Å². The van der Waals surface area contributed by atoms with Crippen LogP contribution >= 0.6 is 0 Å². The van der Waals surface area contributed by atoms with Gasteiger partial charge in [-0.2, -0.15) is 0 Å². The summed E-state index contributed by atoms with van der Waals surface area (Å²) in [6, 6.07) is 9.41. The summed E-state index contributed by atoms with van der Waals surface area (Å²) in [7, 11) is 0. The Hall–Kier alpha value is -3.15. The molecule has 1 saturated heterocycles. The zero-order valence-corrected chi connectivity index (χ0v) is 14.5. The number of benzene rings is 1. The molecule has 1 fully saturated rings. The summed E-state index contributed by atoms with van der Waals surface area (Å²) in [4.78, 5) is 19.1. The largest absolute Gasteiger partial charge is 0.398 e. The van der Waals surface area contributed by atoms with Gasteiger partial charge >= 0.3 is 0 Å². The fourth-order valence-corrected chi connectivity index (χ4v) is 3.47. The van der Waals surface area contributed by atoms with E-state index in [1.165, 1.54) is 12.6 Å². The van der Waals surface area contributed by atoms with Crippen LogP contribution in [-0.2, 0) is 0 Å². The molecule has 3 aromatic rings. The van der Waals surface area contributed by atoms with Crippen LogP contribution < -0.4 is 5.73 Å². The number of pyridine rings is 1. The number of anilines is 1. The van der Waals surface area contributed by atoms with E-state index < -0.39 is 0 Å². The maximum Gasteiger partial charge on any atom is 0.255 e. The van der Waals surface area contributed by atoms with Crippen molar-refractivity contribution in [2.45, 2.75) is 19.3 Å². The lowest BCUT2D eigenvalue weighted by Crippen LogP contribution is -2.35. The van der Waals surface area contributed by atoms with E-state index in [1.54, 1.807) is 12.3 Å². The number of carbonyl (C=O) groups excluding carboxylic acids is 1. The molecule has 2 aromatic heterocycles. The van der Waals surface area contributed by atoms with E-state index in [0.717, 1.165) is 42.7 Å². The second kappa shape index (κ2) is 6.63. The topological polar surface area (TPSA) is 88.0 Å². The molecule has 0 atom stereocenters. The molecule has 0 aliphatic carbocycles. The number of aromatic nitrogens is 2. The van der Waals surface area contributed by atoms with Gasteiger partial charge in [-0.1, -0.05) is 0 Å². The average molecular weight is 347 g/mol. The van der Waals surface area contributed by atoms with Crippen LogP contribution in [0.2, 0.25) is 0 Å². The van der Waals surface area contributed by atoms with Crippen molar-refractivity contribution >= 4 is 28.8 Å². The van der Waals surface area contributed by atoms with Crippen molar-refractivity contribution < 1.29 is 4.79 Å². The molecule has 0 saturated carbocycles. The van der Waals surface area contributed by atoms with Gasteiger partial charge in [-0.05, 0) is 49.6 Å². The van der Waals surface area contributed by atoms with Crippen LogP contribution in [0, 0.1) is 5.41 Å². The van der Waals surface area contributed by atoms with Crippen molar-refractivity contribution in [1.82, 2.24) is 14.5 Å². The molecule has 1 aliphatic rings. The maximum absolute atomic E-state index is 12.7. The number of nitrogen functional groups attached to an aromatic ring is 1.